The second-order valence-electron chi connectivity index (χ2n) is 21.0. The molecule has 3 heterocycles. The standard InChI is InChI=1S/C63H62N4O/c1-60(2,3)48-36-52(66-34-33-65(43-66)51-37-49(62(6,7)45-23-15-11-16-24-45)35-50(38-51)63(8,9)46-25-17-12-18-26-46)41-54(39-48)68-53-29-30-56-55-27-19-20-28-57(55)67(58(56)42-53)59-40-47(31-32-64-59)61(4,5)44-21-13-10-14-22-44/h10-42H,43H2,1-9H3/i33D,34D. The summed E-state index contributed by atoms with van der Waals surface area (Å²) in [5.74, 6) is 2.18. The molecular formula is C63H62N4O. The molecule has 340 valence electrons. The number of anilines is 2. The van der Waals surface area contributed by atoms with Crippen molar-refractivity contribution in [3.8, 4) is 17.3 Å². The number of nitrogens with zero attached hydrogens (tertiary/aromatic N) is 4. The van der Waals surface area contributed by atoms with Crippen LogP contribution in [0.25, 0.3) is 27.6 Å². The molecule has 0 amide bonds. The van der Waals surface area contributed by atoms with Gasteiger partial charge in [0, 0.05) is 69.1 Å². The lowest BCUT2D eigenvalue weighted by atomic mass is 9.73. The highest BCUT2D eigenvalue weighted by Crippen LogP contribution is 2.43. The van der Waals surface area contributed by atoms with Gasteiger partial charge in [0.1, 0.15) is 17.3 Å². The first-order valence-corrected chi connectivity index (χ1v) is 23.8. The first-order chi connectivity index (χ1) is 33.4. The number of benzene rings is 7. The molecule has 0 saturated heterocycles. The minimum Gasteiger partial charge on any atom is -0.457 e. The summed E-state index contributed by atoms with van der Waals surface area (Å²) in [5.41, 5.74) is 10.8. The zero-order valence-electron chi connectivity index (χ0n) is 42.8. The van der Waals surface area contributed by atoms with Gasteiger partial charge < -0.3 is 14.5 Å². The van der Waals surface area contributed by atoms with E-state index < -0.39 is 0 Å². The molecule has 2 aromatic heterocycles. The van der Waals surface area contributed by atoms with Crippen LogP contribution in [-0.2, 0) is 21.7 Å². The fraction of sp³-hybridized carbons (Fsp3) is 0.222. The van der Waals surface area contributed by atoms with Crippen LogP contribution in [0.5, 0.6) is 11.5 Å². The Labute approximate surface area is 405 Å². The molecule has 0 unspecified atom stereocenters. The monoisotopic (exact) mass is 893 g/mol. The second kappa shape index (κ2) is 17.1. The van der Waals surface area contributed by atoms with Crippen molar-refractivity contribution in [3.63, 3.8) is 0 Å². The van der Waals surface area contributed by atoms with Gasteiger partial charge in [0.05, 0.1) is 20.4 Å². The van der Waals surface area contributed by atoms with Gasteiger partial charge in [-0.15, -0.1) is 0 Å². The molecule has 0 N–H and O–H groups in total. The number of para-hydroxylation sites is 1. The summed E-state index contributed by atoms with van der Waals surface area (Å²) in [6.45, 7) is 20.5. The largest absolute Gasteiger partial charge is 0.457 e. The van der Waals surface area contributed by atoms with Gasteiger partial charge >= 0.3 is 0 Å². The Morgan fingerprint density at radius 3 is 1.50 bits per heavy atom. The van der Waals surface area contributed by atoms with Crippen molar-refractivity contribution in [3.05, 3.63) is 239 Å². The number of rotatable bonds is 11. The van der Waals surface area contributed by atoms with Crippen LogP contribution in [0.2, 0.25) is 0 Å². The molecule has 1 aliphatic heterocycles. The number of pyridine rings is 1. The molecule has 0 spiro atoms. The average Bonchev–Trinajstić information content (AvgIpc) is 3.86. The van der Waals surface area contributed by atoms with Gasteiger partial charge in [-0.25, -0.2) is 4.98 Å². The summed E-state index contributed by atoms with van der Waals surface area (Å²) in [5, 5.41) is 2.25. The second-order valence-corrected chi connectivity index (χ2v) is 21.0. The summed E-state index contributed by atoms with van der Waals surface area (Å²) in [6.07, 6.45) is 2.19. The molecule has 68 heavy (non-hydrogen) atoms. The molecule has 0 bridgehead atoms. The Hall–Kier alpha value is -7.37. The highest BCUT2D eigenvalue weighted by molar-refractivity contribution is 6.09. The molecule has 0 aliphatic carbocycles. The third-order valence-electron chi connectivity index (χ3n) is 14.4. The quantitative estimate of drug-likeness (QED) is 0.130. The van der Waals surface area contributed by atoms with Crippen LogP contribution >= 0.6 is 0 Å². The highest BCUT2D eigenvalue weighted by Gasteiger charge is 2.31. The van der Waals surface area contributed by atoms with Gasteiger partial charge in [-0.1, -0.05) is 178 Å². The Bertz CT molecular complexity index is 3350. The first-order valence-electron chi connectivity index (χ1n) is 24.8. The highest BCUT2D eigenvalue weighted by atomic mass is 16.5. The van der Waals surface area contributed by atoms with E-state index in [0.717, 1.165) is 55.7 Å². The molecule has 1 aliphatic rings. The number of hydrogen-bond acceptors (Lipinski definition) is 4. The van der Waals surface area contributed by atoms with Gasteiger partial charge in [-0.2, -0.15) is 0 Å². The summed E-state index contributed by atoms with van der Waals surface area (Å²) in [7, 11) is 0. The van der Waals surface area contributed by atoms with E-state index >= 15 is 0 Å². The molecule has 7 aromatic carbocycles. The molecule has 9 aromatic rings. The summed E-state index contributed by atoms with van der Waals surface area (Å²) in [6, 6.07) is 64.0. The zero-order chi connectivity index (χ0) is 49.2. The van der Waals surface area contributed by atoms with Crippen molar-refractivity contribution in [2.24, 2.45) is 0 Å². The van der Waals surface area contributed by atoms with Crippen LogP contribution in [0.15, 0.2) is 201 Å². The van der Waals surface area contributed by atoms with Gasteiger partial charge in [-0.3, -0.25) is 4.57 Å². The predicted octanol–water partition coefficient (Wildman–Crippen LogP) is 16.0. The van der Waals surface area contributed by atoms with Gasteiger partial charge in [-0.05, 0) is 99.0 Å². The molecule has 0 fully saturated rings. The van der Waals surface area contributed by atoms with Crippen LogP contribution in [0.3, 0.4) is 0 Å². The predicted molar refractivity (Wildman–Crippen MR) is 285 cm³/mol. The Kier molecular flexibility index (Phi) is 10.5. The fourth-order valence-electron chi connectivity index (χ4n) is 9.74. The Morgan fingerprint density at radius 2 is 0.926 bits per heavy atom. The number of fused-ring (bicyclic) bond motifs is 3. The molecule has 0 saturated carbocycles. The SMILES string of the molecule is [2H]C1=C([2H])N(c2cc(C(C)(C)c3ccccc3)cc(C(C)(C)c3ccccc3)c2)CN1c1cc(Oc2ccc3c4ccccc4n(-c4cc(C(C)(C)c5ccccc5)ccn4)c3c2)cc(C(C)(C)C)c1. The Morgan fingerprint density at radius 1 is 0.426 bits per heavy atom. The minimum atomic E-state index is -0.335. The summed E-state index contributed by atoms with van der Waals surface area (Å²) in [4.78, 5) is 8.87. The smallest absolute Gasteiger partial charge is 0.137 e. The van der Waals surface area contributed by atoms with Crippen molar-refractivity contribution in [2.75, 3.05) is 16.5 Å². The van der Waals surface area contributed by atoms with E-state index in [4.69, 9.17) is 9.72 Å². The maximum absolute atomic E-state index is 9.55. The van der Waals surface area contributed by atoms with Crippen LogP contribution in [0.4, 0.5) is 11.4 Å². The van der Waals surface area contributed by atoms with Crippen molar-refractivity contribution in [2.45, 2.75) is 84.0 Å². The zero-order valence-corrected chi connectivity index (χ0v) is 40.8. The van der Waals surface area contributed by atoms with Crippen LogP contribution in [0, 0.1) is 0 Å². The van der Waals surface area contributed by atoms with Crippen molar-refractivity contribution in [1.29, 1.82) is 0 Å². The minimum absolute atomic E-state index is 0.129. The number of aromatic nitrogens is 2. The van der Waals surface area contributed by atoms with E-state index in [1.54, 1.807) is 0 Å². The maximum Gasteiger partial charge on any atom is 0.137 e. The lowest BCUT2D eigenvalue weighted by molar-refractivity contribution is 0.479. The van der Waals surface area contributed by atoms with Crippen molar-refractivity contribution in [1.82, 2.24) is 9.55 Å². The lowest BCUT2D eigenvalue weighted by Crippen LogP contribution is -2.27. The van der Waals surface area contributed by atoms with Gasteiger partial charge in [0.15, 0.2) is 0 Å². The van der Waals surface area contributed by atoms with Gasteiger partial charge in [0.2, 0.25) is 0 Å². The third kappa shape index (κ3) is 8.25. The van der Waals surface area contributed by atoms with E-state index in [1.807, 2.05) is 28.1 Å². The Balaban J connectivity index is 1.03. The molecule has 0 atom stereocenters. The molecule has 5 heteroatoms. The number of hydrogen-bond donors (Lipinski definition) is 0. The van der Waals surface area contributed by atoms with Crippen molar-refractivity contribution < 1.29 is 7.48 Å². The lowest BCUT2D eigenvalue weighted by Gasteiger charge is -2.33. The van der Waals surface area contributed by atoms with E-state index in [-0.39, 0.29) is 34.0 Å². The molecular weight excluding hydrogens is 829 g/mol. The molecule has 10 rings (SSSR count). The van der Waals surface area contributed by atoms with Crippen LogP contribution < -0.4 is 14.5 Å². The van der Waals surface area contributed by atoms with E-state index in [9.17, 15) is 2.74 Å². The van der Waals surface area contributed by atoms with Crippen LogP contribution in [-0.4, -0.2) is 16.2 Å². The normalized spacial score (nSPS) is 14.2. The molecule has 5 nitrogen and oxygen atoms in total. The summed E-state index contributed by atoms with van der Waals surface area (Å²) >= 11 is 0. The van der Waals surface area contributed by atoms with Gasteiger partial charge in [0.25, 0.3) is 0 Å². The fourth-order valence-corrected chi connectivity index (χ4v) is 9.74. The first kappa shape index (κ1) is 42.0. The van der Waals surface area contributed by atoms with Crippen molar-refractivity contribution >= 4 is 33.2 Å². The topological polar surface area (TPSA) is 33.5 Å². The van der Waals surface area contributed by atoms with Crippen LogP contribution in [0.1, 0.15) is 104 Å². The maximum atomic E-state index is 9.55. The average molecular weight is 893 g/mol. The number of ether oxygens (including phenoxy) is 1. The molecule has 0 radical (unpaired) electrons. The van der Waals surface area contributed by atoms with E-state index in [1.165, 1.54) is 22.3 Å². The third-order valence-corrected chi connectivity index (χ3v) is 14.4. The van der Waals surface area contributed by atoms with E-state index in [0.29, 0.717) is 18.2 Å². The summed E-state index contributed by atoms with van der Waals surface area (Å²) < 4.78 is 28.2. The van der Waals surface area contributed by atoms with E-state index in [2.05, 4.69) is 237 Å².